The van der Waals surface area contributed by atoms with Gasteiger partial charge in [-0.25, -0.2) is 4.79 Å². The number of nitrogens with one attached hydrogen (secondary N) is 1. The van der Waals surface area contributed by atoms with Gasteiger partial charge in [0.15, 0.2) is 11.5 Å². The maximum Gasteiger partial charge on any atom is 0.326 e. The first-order valence-corrected chi connectivity index (χ1v) is 8.57. The maximum atomic E-state index is 12.7. The highest BCUT2D eigenvalue weighted by molar-refractivity contribution is 6.02. The number of methoxy groups -OCH3 is 3. The van der Waals surface area contributed by atoms with E-state index in [9.17, 15) is 14.7 Å². The minimum atomic E-state index is -1.06. The fraction of sp³-hybridized carbons (Fsp3) is 0.474. The highest BCUT2D eigenvalue weighted by atomic mass is 16.5. The van der Waals surface area contributed by atoms with Crippen molar-refractivity contribution < 1.29 is 28.9 Å². The molecule has 2 rings (SSSR count). The standard InChI is InChI=1S/C19H26N2O6/c1-10(2)7-12(19(23)24)20-18(22)13-8-11-9-14(25-4)16(26-5)17(27-6)15(11)21(13)3/h8-10,12H,7H2,1-6H3,(H,20,22)(H,23,24)/t12-/m0/s1. The molecule has 1 aromatic heterocycles. The third-order valence-electron chi connectivity index (χ3n) is 4.37. The van der Waals surface area contributed by atoms with Crippen LogP contribution in [0.2, 0.25) is 0 Å². The average Bonchev–Trinajstić information content (AvgIpc) is 2.95. The van der Waals surface area contributed by atoms with E-state index in [0.717, 1.165) is 0 Å². The van der Waals surface area contributed by atoms with Gasteiger partial charge in [0.25, 0.3) is 5.91 Å². The molecule has 0 radical (unpaired) electrons. The summed E-state index contributed by atoms with van der Waals surface area (Å²) in [5.74, 6) is -0.0668. The summed E-state index contributed by atoms with van der Waals surface area (Å²) in [6, 6.07) is 2.46. The average molecular weight is 378 g/mol. The van der Waals surface area contributed by atoms with Crippen LogP contribution in [0.1, 0.15) is 30.8 Å². The number of aromatic nitrogens is 1. The smallest absolute Gasteiger partial charge is 0.326 e. The Kier molecular flexibility index (Phi) is 6.20. The third kappa shape index (κ3) is 3.94. The minimum absolute atomic E-state index is 0.132. The Hall–Kier alpha value is -2.90. The molecule has 1 amide bonds. The first kappa shape index (κ1) is 20.4. The zero-order chi connectivity index (χ0) is 20.3. The number of benzene rings is 1. The molecule has 0 fully saturated rings. The predicted octanol–water partition coefficient (Wildman–Crippen LogP) is 2.43. The summed E-state index contributed by atoms with van der Waals surface area (Å²) >= 11 is 0. The molecule has 2 N–H and O–H groups in total. The second-order valence-corrected chi connectivity index (χ2v) is 6.67. The van der Waals surface area contributed by atoms with Crippen LogP contribution in [0.4, 0.5) is 0 Å². The van der Waals surface area contributed by atoms with Crippen LogP contribution in [0.5, 0.6) is 17.2 Å². The maximum absolute atomic E-state index is 12.7. The number of hydrogen-bond acceptors (Lipinski definition) is 5. The molecule has 0 aliphatic rings. The van der Waals surface area contributed by atoms with E-state index in [2.05, 4.69) is 5.32 Å². The Morgan fingerprint density at radius 1 is 1.11 bits per heavy atom. The van der Waals surface area contributed by atoms with Crippen molar-refractivity contribution in [3.63, 3.8) is 0 Å². The SMILES string of the molecule is COc1cc2cc(C(=O)N[C@@H](CC(C)C)C(=O)O)n(C)c2c(OC)c1OC. The van der Waals surface area contributed by atoms with Crippen LogP contribution < -0.4 is 19.5 Å². The Labute approximate surface area is 158 Å². The second-order valence-electron chi connectivity index (χ2n) is 6.67. The van der Waals surface area contributed by atoms with Gasteiger partial charge in [-0.2, -0.15) is 0 Å². The Balaban J connectivity index is 2.52. The van der Waals surface area contributed by atoms with Crippen LogP contribution in [-0.2, 0) is 11.8 Å². The summed E-state index contributed by atoms with van der Waals surface area (Å²) in [4.78, 5) is 24.2. The lowest BCUT2D eigenvalue weighted by Crippen LogP contribution is -2.42. The van der Waals surface area contributed by atoms with Crippen LogP contribution in [0.15, 0.2) is 12.1 Å². The Morgan fingerprint density at radius 3 is 2.22 bits per heavy atom. The number of nitrogens with zero attached hydrogens (tertiary/aromatic N) is 1. The molecule has 148 valence electrons. The molecule has 0 saturated carbocycles. The molecule has 0 unspecified atom stereocenters. The Morgan fingerprint density at radius 2 is 1.74 bits per heavy atom. The van der Waals surface area contributed by atoms with E-state index in [1.165, 1.54) is 21.3 Å². The van der Waals surface area contributed by atoms with Crippen LogP contribution in [0, 0.1) is 5.92 Å². The lowest BCUT2D eigenvalue weighted by atomic mass is 10.0. The van der Waals surface area contributed by atoms with Gasteiger partial charge in [0, 0.05) is 12.4 Å². The third-order valence-corrected chi connectivity index (χ3v) is 4.37. The van der Waals surface area contributed by atoms with Gasteiger partial charge in [-0.15, -0.1) is 0 Å². The van der Waals surface area contributed by atoms with Crippen molar-refractivity contribution in [3.8, 4) is 17.2 Å². The summed E-state index contributed by atoms with van der Waals surface area (Å²) in [5.41, 5.74) is 0.963. The second kappa shape index (κ2) is 8.20. The summed E-state index contributed by atoms with van der Waals surface area (Å²) in [6.45, 7) is 3.81. The number of carbonyl (C=O) groups is 2. The summed E-state index contributed by atoms with van der Waals surface area (Å²) < 4.78 is 17.9. The summed E-state index contributed by atoms with van der Waals surface area (Å²) in [7, 11) is 6.24. The van der Waals surface area contributed by atoms with Crippen molar-refractivity contribution in [3.05, 3.63) is 17.8 Å². The van der Waals surface area contributed by atoms with E-state index >= 15 is 0 Å². The molecule has 27 heavy (non-hydrogen) atoms. The molecular formula is C19H26N2O6. The molecule has 8 nitrogen and oxygen atoms in total. The number of aryl methyl sites for hydroxylation is 1. The van der Waals surface area contributed by atoms with Crippen LogP contribution >= 0.6 is 0 Å². The lowest BCUT2D eigenvalue weighted by Gasteiger charge is -2.17. The zero-order valence-electron chi connectivity index (χ0n) is 16.5. The van der Waals surface area contributed by atoms with Crippen molar-refractivity contribution in [1.82, 2.24) is 9.88 Å². The molecule has 8 heteroatoms. The zero-order valence-corrected chi connectivity index (χ0v) is 16.5. The molecule has 0 saturated heterocycles. The van der Waals surface area contributed by atoms with Crippen molar-refractivity contribution in [2.24, 2.45) is 13.0 Å². The quantitative estimate of drug-likeness (QED) is 0.732. The first-order valence-electron chi connectivity index (χ1n) is 8.57. The van der Waals surface area contributed by atoms with Crippen LogP contribution in [-0.4, -0.2) is 48.9 Å². The number of carbonyl (C=O) groups excluding carboxylic acids is 1. The molecule has 1 heterocycles. The fourth-order valence-corrected chi connectivity index (χ4v) is 3.12. The number of ether oxygens (including phenoxy) is 3. The van der Waals surface area contributed by atoms with Crippen molar-refractivity contribution in [2.45, 2.75) is 26.3 Å². The number of carboxylic acid groups (broad SMARTS) is 1. The molecule has 0 spiro atoms. The number of aliphatic carboxylic acids is 1. The topological polar surface area (TPSA) is 99.0 Å². The van der Waals surface area contributed by atoms with E-state index in [1.54, 1.807) is 23.7 Å². The molecule has 1 atom stereocenters. The van der Waals surface area contributed by atoms with Gasteiger partial charge in [0.05, 0.1) is 26.8 Å². The number of amides is 1. The molecule has 0 aliphatic carbocycles. The molecular weight excluding hydrogens is 352 g/mol. The van der Waals surface area contributed by atoms with Gasteiger partial charge in [0.1, 0.15) is 11.7 Å². The number of rotatable bonds is 8. The van der Waals surface area contributed by atoms with Crippen LogP contribution in [0.3, 0.4) is 0 Å². The largest absolute Gasteiger partial charge is 0.493 e. The van der Waals surface area contributed by atoms with Crippen molar-refractivity contribution >= 4 is 22.8 Å². The van der Waals surface area contributed by atoms with E-state index < -0.39 is 17.9 Å². The molecule has 1 aromatic carbocycles. The van der Waals surface area contributed by atoms with Gasteiger partial charge in [-0.1, -0.05) is 13.8 Å². The van der Waals surface area contributed by atoms with Gasteiger partial charge >= 0.3 is 5.97 Å². The number of hydrogen-bond donors (Lipinski definition) is 2. The van der Waals surface area contributed by atoms with E-state index in [0.29, 0.717) is 40.3 Å². The predicted molar refractivity (Wildman–Crippen MR) is 101 cm³/mol. The molecule has 0 bridgehead atoms. The van der Waals surface area contributed by atoms with Gasteiger partial charge in [0.2, 0.25) is 5.75 Å². The van der Waals surface area contributed by atoms with E-state index in [-0.39, 0.29) is 5.92 Å². The molecule has 2 aromatic rings. The fourth-order valence-electron chi connectivity index (χ4n) is 3.12. The van der Waals surface area contributed by atoms with Gasteiger partial charge in [-0.3, -0.25) is 4.79 Å². The highest BCUT2D eigenvalue weighted by Gasteiger charge is 2.26. The van der Waals surface area contributed by atoms with E-state index in [4.69, 9.17) is 14.2 Å². The van der Waals surface area contributed by atoms with E-state index in [1.807, 2.05) is 13.8 Å². The van der Waals surface area contributed by atoms with Gasteiger partial charge in [-0.05, 0) is 24.5 Å². The molecule has 0 aliphatic heterocycles. The van der Waals surface area contributed by atoms with Crippen molar-refractivity contribution in [2.75, 3.05) is 21.3 Å². The minimum Gasteiger partial charge on any atom is -0.493 e. The first-order chi connectivity index (χ1) is 12.7. The summed E-state index contributed by atoms with van der Waals surface area (Å²) in [5, 5.41) is 12.7. The van der Waals surface area contributed by atoms with Gasteiger partial charge < -0.3 is 29.2 Å². The highest BCUT2D eigenvalue weighted by Crippen LogP contribution is 2.44. The number of fused-ring (bicyclic) bond motifs is 1. The summed E-state index contributed by atoms with van der Waals surface area (Å²) in [6.07, 6.45) is 0.343. The normalized spacial score (nSPS) is 12.1. The van der Waals surface area contributed by atoms with Crippen LogP contribution in [0.25, 0.3) is 10.9 Å². The van der Waals surface area contributed by atoms with Crippen molar-refractivity contribution in [1.29, 1.82) is 0 Å². The monoisotopic (exact) mass is 378 g/mol. The Bertz CT molecular complexity index is 856. The number of carboxylic acids is 1. The lowest BCUT2D eigenvalue weighted by molar-refractivity contribution is -0.139.